The molecular weight excluding hydrogens is 387 g/mol. The second-order valence-corrected chi connectivity index (χ2v) is 13.8. The maximum atomic E-state index is 6.77. The number of halogens is 2. The van der Waals surface area contributed by atoms with Crippen molar-refractivity contribution in [2.24, 2.45) is 0 Å². The SMILES string of the molecule is CCCC[C@@H](O[Si](C)(C)C(C)(C)C)[C@H](OCOC)c1c(Cl)cccc1Cl. The third-order valence-electron chi connectivity index (χ3n) is 5.08. The van der Waals surface area contributed by atoms with Crippen LogP contribution in [0.2, 0.25) is 28.2 Å². The minimum Gasteiger partial charge on any atom is -0.411 e. The molecule has 0 unspecified atom stereocenters. The van der Waals surface area contributed by atoms with Crippen LogP contribution in [-0.4, -0.2) is 28.3 Å². The lowest BCUT2D eigenvalue weighted by Gasteiger charge is -2.41. The first-order valence-corrected chi connectivity index (χ1v) is 12.9. The fourth-order valence-electron chi connectivity index (χ4n) is 2.53. The molecule has 0 saturated heterocycles. The van der Waals surface area contributed by atoms with Crippen LogP contribution in [0.4, 0.5) is 0 Å². The van der Waals surface area contributed by atoms with Gasteiger partial charge in [-0.3, -0.25) is 0 Å². The van der Waals surface area contributed by atoms with E-state index < -0.39 is 8.32 Å². The number of unbranched alkanes of at least 4 members (excludes halogenated alkanes) is 1. The Hall–Kier alpha value is -0.103. The predicted molar refractivity (Wildman–Crippen MR) is 114 cm³/mol. The Kier molecular flexibility index (Phi) is 9.61. The molecule has 0 fully saturated rings. The summed E-state index contributed by atoms with van der Waals surface area (Å²) >= 11 is 13.0. The second-order valence-electron chi connectivity index (χ2n) is 8.19. The van der Waals surface area contributed by atoms with Crippen LogP contribution in [0.25, 0.3) is 0 Å². The van der Waals surface area contributed by atoms with Gasteiger partial charge in [0, 0.05) is 22.7 Å². The summed E-state index contributed by atoms with van der Waals surface area (Å²) in [5.74, 6) is 0. The number of ether oxygens (including phenoxy) is 2. The van der Waals surface area contributed by atoms with Gasteiger partial charge in [0.15, 0.2) is 8.32 Å². The summed E-state index contributed by atoms with van der Waals surface area (Å²) in [6.45, 7) is 13.6. The smallest absolute Gasteiger partial charge is 0.192 e. The van der Waals surface area contributed by atoms with Crippen molar-refractivity contribution >= 4 is 31.5 Å². The maximum absolute atomic E-state index is 6.77. The fraction of sp³-hybridized carbons (Fsp3) is 0.700. The number of hydrogen-bond acceptors (Lipinski definition) is 3. The number of benzene rings is 1. The highest BCUT2D eigenvalue weighted by atomic mass is 35.5. The Labute approximate surface area is 170 Å². The lowest BCUT2D eigenvalue weighted by Crippen LogP contribution is -2.46. The van der Waals surface area contributed by atoms with E-state index in [9.17, 15) is 0 Å². The van der Waals surface area contributed by atoms with E-state index in [0.717, 1.165) is 24.8 Å². The molecule has 150 valence electrons. The maximum Gasteiger partial charge on any atom is 0.192 e. The van der Waals surface area contributed by atoms with E-state index in [0.29, 0.717) is 10.0 Å². The first-order valence-electron chi connectivity index (χ1n) is 9.27. The van der Waals surface area contributed by atoms with Crippen LogP contribution in [0.3, 0.4) is 0 Å². The summed E-state index contributed by atoms with van der Waals surface area (Å²) in [5, 5.41) is 1.30. The van der Waals surface area contributed by atoms with Gasteiger partial charge in [-0.2, -0.15) is 0 Å². The van der Waals surface area contributed by atoms with E-state index >= 15 is 0 Å². The molecule has 0 amide bonds. The Morgan fingerprint density at radius 2 is 1.69 bits per heavy atom. The van der Waals surface area contributed by atoms with Crippen molar-refractivity contribution in [1.29, 1.82) is 0 Å². The van der Waals surface area contributed by atoms with Crippen molar-refractivity contribution in [3.8, 4) is 0 Å². The molecule has 1 rings (SSSR count). The third kappa shape index (κ3) is 6.50. The molecule has 3 nitrogen and oxygen atoms in total. The largest absolute Gasteiger partial charge is 0.411 e. The van der Waals surface area contributed by atoms with Crippen molar-refractivity contribution in [3.05, 3.63) is 33.8 Å². The van der Waals surface area contributed by atoms with Crippen LogP contribution in [0.1, 0.15) is 58.6 Å². The Morgan fingerprint density at radius 3 is 2.15 bits per heavy atom. The number of hydrogen-bond donors (Lipinski definition) is 0. The summed E-state index contributed by atoms with van der Waals surface area (Å²) in [5.41, 5.74) is 0.785. The van der Waals surface area contributed by atoms with Crippen molar-refractivity contribution in [2.45, 2.75) is 77.3 Å². The molecule has 0 aliphatic heterocycles. The summed E-state index contributed by atoms with van der Waals surface area (Å²) < 4.78 is 18.0. The van der Waals surface area contributed by atoms with Crippen LogP contribution in [0.5, 0.6) is 0 Å². The van der Waals surface area contributed by atoms with Crippen LogP contribution < -0.4 is 0 Å². The van der Waals surface area contributed by atoms with E-state index in [2.05, 4.69) is 40.8 Å². The van der Waals surface area contributed by atoms with Gasteiger partial charge in [-0.05, 0) is 36.7 Å². The van der Waals surface area contributed by atoms with Crippen molar-refractivity contribution in [2.75, 3.05) is 13.9 Å². The molecule has 0 spiro atoms. The second kappa shape index (κ2) is 10.4. The van der Waals surface area contributed by atoms with E-state index in [1.807, 2.05) is 18.2 Å². The molecule has 0 saturated carbocycles. The Morgan fingerprint density at radius 1 is 1.12 bits per heavy atom. The van der Waals surface area contributed by atoms with Crippen LogP contribution in [-0.2, 0) is 13.9 Å². The standard InChI is InChI=1S/C20H34Cl2O3Si/c1-8-9-13-17(25-26(6,7)20(2,3)4)19(24-14-23-5)18-15(21)11-10-12-16(18)22/h10-12,17,19H,8-9,13-14H2,1-7H3/t17-,19+/m1/s1. The normalized spacial score (nSPS) is 15.1. The zero-order chi connectivity index (χ0) is 20.0. The summed E-state index contributed by atoms with van der Waals surface area (Å²) in [6, 6.07) is 5.53. The van der Waals surface area contributed by atoms with E-state index in [4.69, 9.17) is 37.1 Å². The zero-order valence-corrected chi connectivity index (χ0v) is 19.7. The van der Waals surface area contributed by atoms with Crippen LogP contribution in [0.15, 0.2) is 18.2 Å². The highest BCUT2D eigenvalue weighted by Gasteiger charge is 2.41. The number of rotatable bonds is 10. The van der Waals surface area contributed by atoms with Gasteiger partial charge in [-0.25, -0.2) is 0 Å². The molecule has 6 heteroatoms. The molecule has 0 bridgehead atoms. The van der Waals surface area contributed by atoms with Gasteiger partial charge in [0.05, 0.1) is 6.10 Å². The monoisotopic (exact) mass is 420 g/mol. The van der Waals surface area contributed by atoms with Gasteiger partial charge in [0.25, 0.3) is 0 Å². The summed E-state index contributed by atoms with van der Waals surface area (Å²) in [4.78, 5) is 0. The summed E-state index contributed by atoms with van der Waals surface area (Å²) in [6.07, 6.45) is 2.54. The predicted octanol–water partition coefficient (Wildman–Crippen LogP) is 7.24. The van der Waals surface area contributed by atoms with E-state index in [1.165, 1.54) is 0 Å². The lowest BCUT2D eigenvalue weighted by molar-refractivity contribution is -0.113. The molecule has 1 aromatic carbocycles. The van der Waals surface area contributed by atoms with E-state index in [-0.39, 0.29) is 24.0 Å². The molecule has 0 radical (unpaired) electrons. The summed E-state index contributed by atoms with van der Waals surface area (Å²) in [7, 11) is -0.382. The quantitative estimate of drug-likeness (QED) is 0.294. The fourth-order valence-corrected chi connectivity index (χ4v) is 4.50. The minimum atomic E-state index is -1.99. The highest BCUT2D eigenvalue weighted by molar-refractivity contribution is 6.74. The van der Waals surface area contributed by atoms with Crippen molar-refractivity contribution in [3.63, 3.8) is 0 Å². The van der Waals surface area contributed by atoms with Gasteiger partial charge in [-0.1, -0.05) is 69.8 Å². The van der Waals surface area contributed by atoms with Gasteiger partial charge >= 0.3 is 0 Å². The van der Waals surface area contributed by atoms with Crippen LogP contribution >= 0.6 is 23.2 Å². The lowest BCUT2D eigenvalue weighted by atomic mass is 10.00. The number of methoxy groups -OCH3 is 1. The van der Waals surface area contributed by atoms with Gasteiger partial charge in [0.1, 0.15) is 12.9 Å². The van der Waals surface area contributed by atoms with Gasteiger partial charge in [0.2, 0.25) is 0 Å². The molecule has 0 aliphatic carbocycles. The zero-order valence-electron chi connectivity index (χ0n) is 17.2. The molecule has 0 heterocycles. The molecule has 0 aliphatic rings. The van der Waals surface area contributed by atoms with E-state index in [1.54, 1.807) is 7.11 Å². The molecule has 0 aromatic heterocycles. The topological polar surface area (TPSA) is 27.7 Å². The molecule has 0 N–H and O–H groups in total. The molecule has 1 aromatic rings. The van der Waals surface area contributed by atoms with Crippen molar-refractivity contribution in [1.82, 2.24) is 0 Å². The van der Waals surface area contributed by atoms with Crippen molar-refractivity contribution < 1.29 is 13.9 Å². The van der Waals surface area contributed by atoms with Gasteiger partial charge in [-0.15, -0.1) is 0 Å². The molecular formula is C20H34Cl2O3Si. The average molecular weight is 421 g/mol. The Balaban J connectivity index is 3.29. The highest BCUT2D eigenvalue weighted by Crippen LogP contribution is 2.42. The average Bonchev–Trinajstić information content (AvgIpc) is 2.53. The molecule has 2 atom stereocenters. The molecule has 26 heavy (non-hydrogen) atoms. The first-order chi connectivity index (χ1) is 12.0. The Bertz CT molecular complexity index is 538. The van der Waals surface area contributed by atoms with Crippen LogP contribution in [0, 0.1) is 0 Å². The third-order valence-corrected chi connectivity index (χ3v) is 10.2. The van der Waals surface area contributed by atoms with Gasteiger partial charge < -0.3 is 13.9 Å². The minimum absolute atomic E-state index is 0.105. The first kappa shape index (κ1) is 23.9.